The third-order valence-corrected chi connectivity index (χ3v) is 2.12. The summed E-state index contributed by atoms with van der Waals surface area (Å²) in [5.74, 6) is -1.45. The first-order valence-electron chi connectivity index (χ1n) is 5.00. The van der Waals surface area contributed by atoms with Crippen LogP contribution in [0.15, 0.2) is 30.3 Å². The Balaban J connectivity index is 2.57. The summed E-state index contributed by atoms with van der Waals surface area (Å²) in [5, 5.41) is 9.63. The van der Waals surface area contributed by atoms with Crippen molar-refractivity contribution in [3.63, 3.8) is 0 Å². The van der Waals surface area contributed by atoms with Gasteiger partial charge in [-0.1, -0.05) is 18.2 Å². The van der Waals surface area contributed by atoms with Crippen molar-refractivity contribution in [2.24, 2.45) is 0 Å². The molecule has 0 amide bonds. The first kappa shape index (κ1) is 13.2. The van der Waals surface area contributed by atoms with E-state index < -0.39 is 24.1 Å². The number of carbonyl (C=O) groups is 2. The molecule has 1 N–H and O–H groups in total. The van der Waals surface area contributed by atoms with Crippen LogP contribution in [-0.2, 0) is 14.3 Å². The molecule has 0 aliphatic heterocycles. The van der Waals surface area contributed by atoms with Gasteiger partial charge in [-0.3, -0.25) is 0 Å². The normalized spacial score (nSPS) is 13.6. The number of hydrogen-bond donors (Lipinski definition) is 1. The third-order valence-electron chi connectivity index (χ3n) is 2.12. The monoisotopic (exact) mass is 238 g/mol. The first-order valence-corrected chi connectivity index (χ1v) is 5.00. The van der Waals surface area contributed by atoms with E-state index in [2.05, 4.69) is 4.74 Å². The number of ether oxygens (including phenoxy) is 2. The number of methoxy groups -OCH3 is 1. The van der Waals surface area contributed by atoms with Crippen molar-refractivity contribution < 1.29 is 24.2 Å². The van der Waals surface area contributed by atoms with Gasteiger partial charge in [0.05, 0.1) is 12.7 Å². The minimum atomic E-state index is -1.83. The van der Waals surface area contributed by atoms with E-state index in [1.54, 1.807) is 30.3 Å². The third kappa shape index (κ3) is 3.57. The second kappa shape index (κ2) is 5.45. The summed E-state index contributed by atoms with van der Waals surface area (Å²) >= 11 is 0. The molecule has 1 aromatic rings. The lowest BCUT2D eigenvalue weighted by Gasteiger charge is -2.19. The van der Waals surface area contributed by atoms with Gasteiger partial charge in [-0.05, 0) is 19.1 Å². The SMILES string of the molecule is COC(=O)C(C)(O)COC(=O)c1ccccc1. The summed E-state index contributed by atoms with van der Waals surface area (Å²) in [6, 6.07) is 8.30. The highest BCUT2D eigenvalue weighted by molar-refractivity contribution is 5.89. The average molecular weight is 238 g/mol. The molecule has 0 radical (unpaired) electrons. The lowest BCUT2D eigenvalue weighted by Crippen LogP contribution is -2.41. The Bertz CT molecular complexity index is 397. The average Bonchev–Trinajstić information content (AvgIpc) is 2.36. The maximum absolute atomic E-state index is 11.5. The fourth-order valence-electron chi connectivity index (χ4n) is 1.14. The molecular weight excluding hydrogens is 224 g/mol. The van der Waals surface area contributed by atoms with Crippen molar-refractivity contribution in [3.8, 4) is 0 Å². The molecule has 0 heterocycles. The fourth-order valence-corrected chi connectivity index (χ4v) is 1.14. The van der Waals surface area contributed by atoms with Crippen LogP contribution in [0.2, 0.25) is 0 Å². The molecule has 0 fully saturated rings. The quantitative estimate of drug-likeness (QED) is 0.784. The van der Waals surface area contributed by atoms with Gasteiger partial charge < -0.3 is 14.6 Å². The minimum absolute atomic E-state index is 0.355. The number of hydrogen-bond acceptors (Lipinski definition) is 5. The van der Waals surface area contributed by atoms with E-state index >= 15 is 0 Å². The van der Waals surface area contributed by atoms with Gasteiger partial charge in [0.25, 0.3) is 0 Å². The maximum Gasteiger partial charge on any atom is 0.341 e. The number of aliphatic hydroxyl groups is 1. The summed E-state index contributed by atoms with van der Waals surface area (Å²) in [5.41, 5.74) is -1.48. The molecule has 0 saturated heterocycles. The zero-order valence-corrected chi connectivity index (χ0v) is 9.67. The smallest absolute Gasteiger partial charge is 0.341 e. The number of rotatable bonds is 4. The van der Waals surface area contributed by atoms with Crippen molar-refractivity contribution in [2.45, 2.75) is 12.5 Å². The van der Waals surface area contributed by atoms with Crippen molar-refractivity contribution in [2.75, 3.05) is 13.7 Å². The highest BCUT2D eigenvalue weighted by Gasteiger charge is 2.33. The number of benzene rings is 1. The van der Waals surface area contributed by atoms with Gasteiger partial charge in [-0.25, -0.2) is 9.59 Å². The topological polar surface area (TPSA) is 72.8 Å². The molecule has 0 bridgehead atoms. The van der Waals surface area contributed by atoms with Gasteiger partial charge in [0.15, 0.2) is 5.60 Å². The molecule has 0 aromatic heterocycles. The predicted molar refractivity (Wildman–Crippen MR) is 59.4 cm³/mol. The van der Waals surface area contributed by atoms with Crippen molar-refractivity contribution in [3.05, 3.63) is 35.9 Å². The van der Waals surface area contributed by atoms with Crippen LogP contribution < -0.4 is 0 Å². The summed E-state index contributed by atoms with van der Waals surface area (Å²) in [7, 11) is 1.15. The second-order valence-electron chi connectivity index (χ2n) is 3.71. The Morgan fingerprint density at radius 1 is 1.29 bits per heavy atom. The Kier molecular flexibility index (Phi) is 4.23. The molecule has 0 aliphatic rings. The molecule has 1 aromatic carbocycles. The van der Waals surface area contributed by atoms with Gasteiger partial charge >= 0.3 is 11.9 Å². The molecule has 92 valence electrons. The largest absolute Gasteiger partial charge is 0.467 e. The first-order chi connectivity index (χ1) is 7.97. The van der Waals surface area contributed by atoms with Crippen LogP contribution in [0.4, 0.5) is 0 Å². The zero-order valence-electron chi connectivity index (χ0n) is 9.67. The van der Waals surface area contributed by atoms with Gasteiger partial charge in [0.2, 0.25) is 0 Å². The molecule has 1 unspecified atom stereocenters. The Hall–Kier alpha value is -1.88. The molecule has 0 spiro atoms. The molecule has 5 nitrogen and oxygen atoms in total. The molecule has 17 heavy (non-hydrogen) atoms. The molecule has 1 rings (SSSR count). The van der Waals surface area contributed by atoms with Crippen LogP contribution >= 0.6 is 0 Å². The summed E-state index contributed by atoms with van der Waals surface area (Å²) in [6.07, 6.45) is 0. The highest BCUT2D eigenvalue weighted by atomic mass is 16.6. The van der Waals surface area contributed by atoms with Crippen molar-refractivity contribution in [1.29, 1.82) is 0 Å². The zero-order chi connectivity index (χ0) is 12.9. The lowest BCUT2D eigenvalue weighted by molar-refractivity contribution is -0.164. The summed E-state index contributed by atoms with van der Waals surface area (Å²) in [6.45, 7) is 0.768. The lowest BCUT2D eigenvalue weighted by atomic mass is 10.1. The minimum Gasteiger partial charge on any atom is -0.467 e. The summed E-state index contributed by atoms with van der Waals surface area (Å²) < 4.78 is 9.20. The van der Waals surface area contributed by atoms with E-state index in [1.807, 2.05) is 0 Å². The van der Waals surface area contributed by atoms with Crippen LogP contribution in [0.5, 0.6) is 0 Å². The van der Waals surface area contributed by atoms with E-state index in [1.165, 1.54) is 6.92 Å². The molecule has 0 aliphatic carbocycles. The highest BCUT2D eigenvalue weighted by Crippen LogP contribution is 2.09. The van der Waals surface area contributed by atoms with Gasteiger partial charge in [0, 0.05) is 0 Å². The van der Waals surface area contributed by atoms with E-state index in [0.717, 1.165) is 7.11 Å². The Morgan fingerprint density at radius 3 is 2.41 bits per heavy atom. The van der Waals surface area contributed by atoms with E-state index in [-0.39, 0.29) is 0 Å². The standard InChI is InChI=1S/C12H14O5/c1-12(15,11(14)16-2)8-17-10(13)9-6-4-3-5-7-9/h3-7,15H,8H2,1-2H3. The van der Waals surface area contributed by atoms with Crippen LogP contribution in [0.3, 0.4) is 0 Å². The van der Waals surface area contributed by atoms with Gasteiger partial charge in [-0.2, -0.15) is 0 Å². The van der Waals surface area contributed by atoms with E-state index in [4.69, 9.17) is 4.74 Å². The predicted octanol–water partition coefficient (Wildman–Crippen LogP) is 0.767. The molecule has 5 heteroatoms. The van der Waals surface area contributed by atoms with Crippen LogP contribution in [0, 0.1) is 0 Å². The van der Waals surface area contributed by atoms with Gasteiger partial charge in [0.1, 0.15) is 6.61 Å². The van der Waals surface area contributed by atoms with Crippen LogP contribution in [-0.4, -0.2) is 36.4 Å². The van der Waals surface area contributed by atoms with E-state index in [9.17, 15) is 14.7 Å². The number of carbonyl (C=O) groups excluding carboxylic acids is 2. The van der Waals surface area contributed by atoms with Crippen LogP contribution in [0.25, 0.3) is 0 Å². The molecule has 0 saturated carbocycles. The number of esters is 2. The van der Waals surface area contributed by atoms with E-state index in [0.29, 0.717) is 5.56 Å². The van der Waals surface area contributed by atoms with Crippen LogP contribution in [0.1, 0.15) is 17.3 Å². The summed E-state index contributed by atoms with van der Waals surface area (Å²) in [4.78, 5) is 22.6. The van der Waals surface area contributed by atoms with Crippen molar-refractivity contribution in [1.82, 2.24) is 0 Å². The second-order valence-corrected chi connectivity index (χ2v) is 3.71. The fraction of sp³-hybridized carbons (Fsp3) is 0.333. The molecular formula is C12H14O5. The van der Waals surface area contributed by atoms with Crippen molar-refractivity contribution >= 4 is 11.9 Å². The molecule has 1 atom stereocenters. The Morgan fingerprint density at radius 2 is 1.88 bits per heavy atom. The van der Waals surface area contributed by atoms with Gasteiger partial charge in [-0.15, -0.1) is 0 Å². The maximum atomic E-state index is 11.5. The Labute approximate surface area is 99.0 Å².